The average molecular weight is 236 g/mol. The number of aryl methyl sites for hydroxylation is 1. The Morgan fingerprint density at radius 2 is 2.00 bits per heavy atom. The molecule has 16 heavy (non-hydrogen) atoms. The second-order valence-electron chi connectivity index (χ2n) is 3.66. The monoisotopic (exact) mass is 235 g/mol. The van der Waals surface area contributed by atoms with Crippen LogP contribution in [0.3, 0.4) is 0 Å². The summed E-state index contributed by atoms with van der Waals surface area (Å²) in [5, 5.41) is 3.86. The smallest absolute Gasteiger partial charge is 0.127 e. The van der Waals surface area contributed by atoms with Crippen LogP contribution in [-0.2, 0) is 6.54 Å². The van der Waals surface area contributed by atoms with Gasteiger partial charge in [0.2, 0.25) is 0 Å². The van der Waals surface area contributed by atoms with Gasteiger partial charge in [-0.1, -0.05) is 11.6 Å². The zero-order chi connectivity index (χ0) is 11.5. The molecular formula is C12H14ClN3. The van der Waals surface area contributed by atoms with Gasteiger partial charge in [0.15, 0.2) is 0 Å². The summed E-state index contributed by atoms with van der Waals surface area (Å²) >= 11 is 5.88. The molecule has 0 aliphatic heterocycles. The van der Waals surface area contributed by atoms with E-state index in [1.54, 1.807) is 0 Å². The number of aromatic nitrogens is 2. The van der Waals surface area contributed by atoms with Gasteiger partial charge in [0, 0.05) is 22.6 Å². The lowest BCUT2D eigenvalue weighted by Crippen LogP contribution is -2.12. The second-order valence-corrected chi connectivity index (χ2v) is 4.09. The van der Waals surface area contributed by atoms with Gasteiger partial charge in [0.05, 0.1) is 6.54 Å². The molecule has 0 fully saturated rings. The number of rotatable bonds is 3. The first kappa shape index (κ1) is 11.2. The number of hydrogen-bond acceptors (Lipinski definition) is 2. The normalized spacial score (nSPS) is 10.7. The van der Waals surface area contributed by atoms with Crippen molar-refractivity contribution < 1.29 is 0 Å². The minimum atomic E-state index is 0.746. The van der Waals surface area contributed by atoms with Crippen molar-refractivity contribution in [2.45, 2.75) is 13.5 Å². The van der Waals surface area contributed by atoms with E-state index < -0.39 is 0 Å². The Kier molecular flexibility index (Phi) is 3.27. The van der Waals surface area contributed by atoms with Gasteiger partial charge < -0.3 is 5.32 Å². The number of nitrogens with zero attached hydrogens (tertiary/aromatic N) is 2. The Morgan fingerprint density at radius 3 is 2.62 bits per heavy atom. The van der Waals surface area contributed by atoms with E-state index >= 15 is 0 Å². The van der Waals surface area contributed by atoms with Crippen molar-refractivity contribution in [3.63, 3.8) is 0 Å². The number of benzene rings is 1. The topological polar surface area (TPSA) is 29.9 Å². The van der Waals surface area contributed by atoms with Gasteiger partial charge in [-0.25, -0.2) is 4.98 Å². The maximum Gasteiger partial charge on any atom is 0.127 e. The first-order chi connectivity index (χ1) is 7.72. The van der Waals surface area contributed by atoms with E-state index in [1.165, 1.54) is 0 Å². The molecule has 2 aromatic rings. The van der Waals surface area contributed by atoms with E-state index in [4.69, 9.17) is 11.6 Å². The molecule has 0 amide bonds. The van der Waals surface area contributed by atoms with E-state index in [2.05, 4.69) is 14.9 Å². The van der Waals surface area contributed by atoms with Gasteiger partial charge >= 0.3 is 0 Å². The van der Waals surface area contributed by atoms with Crippen LogP contribution in [0.4, 0.5) is 0 Å². The number of nitrogens with one attached hydrogen (secondary N) is 1. The lowest BCUT2D eigenvalue weighted by molar-refractivity contribution is 0.737. The highest BCUT2D eigenvalue weighted by Gasteiger charge is 2.07. The lowest BCUT2D eigenvalue weighted by Gasteiger charge is -2.09. The van der Waals surface area contributed by atoms with Gasteiger partial charge in [-0.15, -0.1) is 0 Å². The number of imidazole rings is 1. The predicted molar refractivity (Wildman–Crippen MR) is 66.1 cm³/mol. The molecule has 0 radical (unpaired) electrons. The van der Waals surface area contributed by atoms with E-state index in [-0.39, 0.29) is 0 Å². The van der Waals surface area contributed by atoms with E-state index in [1.807, 2.05) is 44.4 Å². The fourth-order valence-electron chi connectivity index (χ4n) is 1.71. The van der Waals surface area contributed by atoms with Crippen LogP contribution < -0.4 is 5.32 Å². The van der Waals surface area contributed by atoms with E-state index in [0.717, 1.165) is 28.8 Å². The van der Waals surface area contributed by atoms with Crippen molar-refractivity contribution in [3.8, 4) is 5.69 Å². The summed E-state index contributed by atoms with van der Waals surface area (Å²) in [4.78, 5) is 4.37. The third-order valence-electron chi connectivity index (χ3n) is 2.43. The average Bonchev–Trinajstić information content (AvgIpc) is 2.62. The summed E-state index contributed by atoms with van der Waals surface area (Å²) in [6.45, 7) is 2.79. The maximum atomic E-state index is 5.88. The fraction of sp³-hybridized carbons (Fsp3) is 0.250. The molecule has 4 heteroatoms. The molecule has 0 spiro atoms. The Morgan fingerprint density at radius 1 is 1.31 bits per heavy atom. The molecule has 0 bridgehead atoms. The molecule has 0 aliphatic rings. The van der Waals surface area contributed by atoms with Crippen molar-refractivity contribution in [2.75, 3.05) is 7.05 Å². The number of halogens is 1. The molecule has 0 unspecified atom stereocenters. The third-order valence-corrected chi connectivity index (χ3v) is 2.68. The maximum absolute atomic E-state index is 5.88. The Bertz CT molecular complexity index is 474. The Labute approximate surface area is 100 Å². The molecule has 1 aromatic carbocycles. The highest BCUT2D eigenvalue weighted by molar-refractivity contribution is 6.30. The first-order valence-corrected chi connectivity index (χ1v) is 5.54. The molecule has 0 saturated heterocycles. The van der Waals surface area contributed by atoms with Crippen LogP contribution in [0.5, 0.6) is 0 Å². The first-order valence-electron chi connectivity index (χ1n) is 5.16. The zero-order valence-electron chi connectivity index (χ0n) is 9.37. The quantitative estimate of drug-likeness (QED) is 0.886. The van der Waals surface area contributed by atoms with Crippen molar-refractivity contribution in [1.29, 1.82) is 0 Å². The molecule has 0 saturated carbocycles. The number of hydrogen-bond donors (Lipinski definition) is 1. The van der Waals surface area contributed by atoms with Crippen LogP contribution in [0.1, 0.15) is 11.5 Å². The standard InChI is InChI=1S/C12H14ClN3/c1-9-7-15-12(8-14-2)16(9)11-5-3-10(13)4-6-11/h3-7,14H,8H2,1-2H3. The highest BCUT2D eigenvalue weighted by atomic mass is 35.5. The Hall–Kier alpha value is -1.32. The molecule has 0 atom stereocenters. The summed E-state index contributed by atoms with van der Waals surface area (Å²) in [6.07, 6.45) is 1.88. The molecule has 1 aromatic heterocycles. The van der Waals surface area contributed by atoms with Crippen molar-refractivity contribution >= 4 is 11.6 Å². The van der Waals surface area contributed by atoms with Gasteiger partial charge in [0.25, 0.3) is 0 Å². The van der Waals surface area contributed by atoms with E-state index in [0.29, 0.717) is 0 Å². The molecular weight excluding hydrogens is 222 g/mol. The van der Waals surface area contributed by atoms with Gasteiger partial charge in [-0.05, 0) is 38.2 Å². The van der Waals surface area contributed by atoms with Crippen LogP contribution in [0, 0.1) is 6.92 Å². The summed E-state index contributed by atoms with van der Waals surface area (Å²) < 4.78 is 2.12. The summed E-state index contributed by atoms with van der Waals surface area (Å²) in [5.41, 5.74) is 2.21. The van der Waals surface area contributed by atoms with Crippen LogP contribution in [0.25, 0.3) is 5.69 Å². The largest absolute Gasteiger partial charge is 0.313 e. The van der Waals surface area contributed by atoms with Crippen molar-refractivity contribution in [2.24, 2.45) is 0 Å². The van der Waals surface area contributed by atoms with Crippen LogP contribution in [0.2, 0.25) is 5.02 Å². The highest BCUT2D eigenvalue weighted by Crippen LogP contribution is 2.17. The molecule has 2 rings (SSSR count). The van der Waals surface area contributed by atoms with E-state index in [9.17, 15) is 0 Å². The van der Waals surface area contributed by atoms with Crippen LogP contribution in [-0.4, -0.2) is 16.6 Å². The minimum absolute atomic E-state index is 0.746. The van der Waals surface area contributed by atoms with Gasteiger partial charge in [-0.2, -0.15) is 0 Å². The summed E-state index contributed by atoms with van der Waals surface area (Å²) in [5.74, 6) is 1.00. The van der Waals surface area contributed by atoms with Crippen molar-refractivity contribution in [3.05, 3.63) is 47.0 Å². The predicted octanol–water partition coefficient (Wildman–Crippen LogP) is 2.55. The SMILES string of the molecule is CNCc1ncc(C)n1-c1ccc(Cl)cc1. The molecule has 1 N–H and O–H groups in total. The van der Waals surface area contributed by atoms with Gasteiger partial charge in [-0.3, -0.25) is 4.57 Å². The third kappa shape index (κ3) is 2.10. The summed E-state index contributed by atoms with van der Waals surface area (Å²) in [7, 11) is 1.91. The zero-order valence-corrected chi connectivity index (χ0v) is 10.1. The second kappa shape index (κ2) is 4.68. The minimum Gasteiger partial charge on any atom is -0.313 e. The fourth-order valence-corrected chi connectivity index (χ4v) is 1.84. The summed E-state index contributed by atoms with van der Waals surface area (Å²) in [6, 6.07) is 7.77. The molecule has 84 valence electrons. The van der Waals surface area contributed by atoms with Gasteiger partial charge in [0.1, 0.15) is 5.82 Å². The molecule has 3 nitrogen and oxygen atoms in total. The lowest BCUT2D eigenvalue weighted by atomic mass is 10.3. The molecule has 0 aliphatic carbocycles. The van der Waals surface area contributed by atoms with Crippen LogP contribution >= 0.6 is 11.6 Å². The Balaban J connectivity index is 2.45. The van der Waals surface area contributed by atoms with Crippen molar-refractivity contribution in [1.82, 2.24) is 14.9 Å². The molecule has 1 heterocycles. The van der Waals surface area contributed by atoms with Crippen LogP contribution in [0.15, 0.2) is 30.5 Å².